The van der Waals surface area contributed by atoms with Crippen LogP contribution in [0.15, 0.2) is 78.9 Å². The number of benzene rings is 3. The molecule has 1 aliphatic carbocycles. The molecule has 5 nitrogen and oxygen atoms in total. The number of methoxy groups -OCH3 is 1. The summed E-state index contributed by atoms with van der Waals surface area (Å²) in [4.78, 5) is 2.63. The van der Waals surface area contributed by atoms with E-state index >= 15 is 0 Å². The maximum absolute atomic E-state index is 6.53. The van der Waals surface area contributed by atoms with Crippen molar-refractivity contribution in [3.05, 3.63) is 95.6 Å². The number of hydrogen-bond donors (Lipinski definition) is 0. The van der Waals surface area contributed by atoms with Gasteiger partial charge in [-0.2, -0.15) is 0 Å². The molecule has 1 heterocycles. The zero-order valence-corrected chi connectivity index (χ0v) is 22.6. The number of hydrogen-bond acceptors (Lipinski definition) is 5. The van der Waals surface area contributed by atoms with E-state index in [1.54, 1.807) is 7.11 Å². The number of likely N-dealkylation sites (tertiary alicyclic amines) is 1. The van der Waals surface area contributed by atoms with Gasteiger partial charge in [0.1, 0.15) is 6.61 Å². The molecule has 0 bridgehead atoms. The Morgan fingerprint density at radius 1 is 0.737 bits per heavy atom. The molecule has 1 saturated carbocycles. The lowest BCUT2D eigenvalue weighted by atomic mass is 9.91. The minimum Gasteiger partial charge on any atom is -0.493 e. The zero-order chi connectivity index (χ0) is 26.0. The van der Waals surface area contributed by atoms with Gasteiger partial charge >= 0.3 is 0 Å². The van der Waals surface area contributed by atoms with Crippen LogP contribution >= 0.6 is 0 Å². The van der Waals surface area contributed by atoms with Gasteiger partial charge in [0.25, 0.3) is 0 Å². The van der Waals surface area contributed by atoms with Crippen LogP contribution < -0.4 is 9.47 Å². The van der Waals surface area contributed by atoms with Crippen molar-refractivity contribution in [3.63, 3.8) is 0 Å². The Labute approximate surface area is 227 Å². The van der Waals surface area contributed by atoms with Gasteiger partial charge in [-0.05, 0) is 54.5 Å². The summed E-state index contributed by atoms with van der Waals surface area (Å²) >= 11 is 0. The first kappa shape index (κ1) is 26.7. The standard InChI is InChI=1S/C33H41NO4/c1-35-33-22-26(16-17-32(33)38-25-28-12-6-3-7-13-28)19-21-36-31-15-9-8-14-30(31)34-20-18-29(23-34)37-24-27-10-4-2-5-11-27/h2-7,10-13,16-17,22,29-31H,8-9,14-15,18-21,23-25H2,1H3/t29-,30?,31?/m0/s1. The van der Waals surface area contributed by atoms with Crippen LogP contribution in [-0.2, 0) is 29.1 Å². The van der Waals surface area contributed by atoms with Gasteiger partial charge in [0, 0.05) is 19.1 Å². The SMILES string of the molecule is COc1cc(CCOC2CCCCC2N2CC[C@H](OCc3ccccc3)C2)ccc1OCc1ccccc1. The molecule has 38 heavy (non-hydrogen) atoms. The zero-order valence-electron chi connectivity index (χ0n) is 22.6. The van der Waals surface area contributed by atoms with E-state index in [4.69, 9.17) is 18.9 Å². The molecule has 0 aromatic heterocycles. The molecule has 0 amide bonds. The third-order valence-electron chi connectivity index (χ3n) is 7.83. The molecule has 2 unspecified atom stereocenters. The summed E-state index contributed by atoms with van der Waals surface area (Å²) in [6.07, 6.45) is 7.49. The normalized spacial score (nSPS) is 21.9. The highest BCUT2D eigenvalue weighted by atomic mass is 16.5. The fourth-order valence-corrected chi connectivity index (χ4v) is 5.72. The van der Waals surface area contributed by atoms with E-state index in [0.717, 1.165) is 56.0 Å². The lowest BCUT2D eigenvalue weighted by Gasteiger charge is -2.38. The van der Waals surface area contributed by atoms with Crippen molar-refractivity contribution in [1.29, 1.82) is 0 Å². The predicted molar refractivity (Wildman–Crippen MR) is 151 cm³/mol. The molecule has 202 valence electrons. The highest BCUT2D eigenvalue weighted by molar-refractivity contribution is 5.43. The van der Waals surface area contributed by atoms with Crippen molar-refractivity contribution >= 4 is 0 Å². The maximum Gasteiger partial charge on any atom is 0.161 e. The third-order valence-corrected chi connectivity index (χ3v) is 7.83. The molecule has 1 saturated heterocycles. The molecule has 3 aromatic rings. The van der Waals surface area contributed by atoms with Gasteiger partial charge in [-0.25, -0.2) is 0 Å². The van der Waals surface area contributed by atoms with E-state index < -0.39 is 0 Å². The Kier molecular flexibility index (Phi) is 9.70. The summed E-state index contributed by atoms with van der Waals surface area (Å²) in [6, 6.07) is 27.4. The fourth-order valence-electron chi connectivity index (χ4n) is 5.72. The first-order valence-corrected chi connectivity index (χ1v) is 14.1. The van der Waals surface area contributed by atoms with Crippen molar-refractivity contribution in [2.45, 2.75) is 70.0 Å². The summed E-state index contributed by atoms with van der Waals surface area (Å²) in [5, 5.41) is 0. The minimum atomic E-state index is 0.298. The van der Waals surface area contributed by atoms with Gasteiger partial charge in [-0.1, -0.05) is 79.6 Å². The summed E-state index contributed by atoms with van der Waals surface area (Å²) in [5.41, 5.74) is 3.59. The highest BCUT2D eigenvalue weighted by Crippen LogP contribution is 2.31. The van der Waals surface area contributed by atoms with Crippen LogP contribution in [-0.4, -0.2) is 50.0 Å². The average molecular weight is 516 g/mol. The maximum atomic E-state index is 6.53. The Bertz CT molecular complexity index is 1110. The van der Waals surface area contributed by atoms with Crippen LogP contribution in [0.2, 0.25) is 0 Å². The molecule has 2 fully saturated rings. The first-order valence-electron chi connectivity index (χ1n) is 14.1. The van der Waals surface area contributed by atoms with Gasteiger partial charge in [0.05, 0.1) is 32.5 Å². The molecule has 5 rings (SSSR count). The van der Waals surface area contributed by atoms with Crippen molar-refractivity contribution in [2.24, 2.45) is 0 Å². The summed E-state index contributed by atoms with van der Waals surface area (Å²) in [5.74, 6) is 1.54. The fraction of sp³-hybridized carbons (Fsp3) is 0.455. The molecule has 2 aliphatic rings. The quantitative estimate of drug-likeness (QED) is 0.278. The monoisotopic (exact) mass is 515 g/mol. The van der Waals surface area contributed by atoms with E-state index in [9.17, 15) is 0 Å². The smallest absolute Gasteiger partial charge is 0.161 e. The second-order valence-electron chi connectivity index (χ2n) is 10.5. The number of nitrogens with zero attached hydrogens (tertiary/aromatic N) is 1. The van der Waals surface area contributed by atoms with E-state index in [-0.39, 0.29) is 0 Å². The first-order chi connectivity index (χ1) is 18.8. The molecule has 0 N–H and O–H groups in total. The number of ether oxygens (including phenoxy) is 4. The molecule has 1 aliphatic heterocycles. The van der Waals surface area contributed by atoms with Crippen molar-refractivity contribution < 1.29 is 18.9 Å². The van der Waals surface area contributed by atoms with Gasteiger partial charge in [-0.15, -0.1) is 0 Å². The molecular weight excluding hydrogens is 474 g/mol. The predicted octanol–water partition coefficient (Wildman–Crippen LogP) is 6.44. The Morgan fingerprint density at radius 2 is 1.47 bits per heavy atom. The van der Waals surface area contributed by atoms with Crippen molar-refractivity contribution in [3.8, 4) is 11.5 Å². The van der Waals surface area contributed by atoms with Crippen LogP contribution in [0.5, 0.6) is 11.5 Å². The van der Waals surface area contributed by atoms with Crippen molar-refractivity contribution in [1.82, 2.24) is 4.90 Å². The van der Waals surface area contributed by atoms with E-state index in [2.05, 4.69) is 59.5 Å². The molecule has 0 spiro atoms. The van der Waals surface area contributed by atoms with E-state index in [1.807, 2.05) is 24.3 Å². The lowest BCUT2D eigenvalue weighted by Crippen LogP contribution is -2.46. The largest absolute Gasteiger partial charge is 0.493 e. The highest BCUT2D eigenvalue weighted by Gasteiger charge is 2.35. The summed E-state index contributed by atoms with van der Waals surface area (Å²) in [6.45, 7) is 4.06. The van der Waals surface area contributed by atoms with E-state index in [1.165, 1.54) is 30.4 Å². The van der Waals surface area contributed by atoms with Gasteiger partial charge in [-0.3, -0.25) is 4.90 Å². The number of rotatable bonds is 12. The lowest BCUT2D eigenvalue weighted by molar-refractivity contribution is -0.0352. The Morgan fingerprint density at radius 3 is 2.24 bits per heavy atom. The third kappa shape index (κ3) is 7.37. The van der Waals surface area contributed by atoms with Crippen LogP contribution in [0, 0.1) is 0 Å². The molecule has 0 radical (unpaired) electrons. The minimum absolute atomic E-state index is 0.298. The van der Waals surface area contributed by atoms with E-state index in [0.29, 0.717) is 31.5 Å². The molecular formula is C33H41NO4. The Hall–Kier alpha value is -2.86. The topological polar surface area (TPSA) is 40.2 Å². The molecule has 3 aromatic carbocycles. The molecule has 3 atom stereocenters. The van der Waals surface area contributed by atoms with Gasteiger partial charge in [0.15, 0.2) is 11.5 Å². The van der Waals surface area contributed by atoms with Gasteiger partial charge in [0.2, 0.25) is 0 Å². The second kappa shape index (κ2) is 13.8. The van der Waals surface area contributed by atoms with Crippen molar-refractivity contribution in [2.75, 3.05) is 26.8 Å². The van der Waals surface area contributed by atoms with Crippen LogP contribution in [0.3, 0.4) is 0 Å². The molecule has 5 heteroatoms. The average Bonchev–Trinajstić information content (AvgIpc) is 3.45. The van der Waals surface area contributed by atoms with Gasteiger partial charge < -0.3 is 18.9 Å². The summed E-state index contributed by atoms with van der Waals surface area (Å²) < 4.78 is 24.4. The second-order valence-corrected chi connectivity index (χ2v) is 10.5. The van der Waals surface area contributed by atoms with Crippen LogP contribution in [0.25, 0.3) is 0 Å². The summed E-state index contributed by atoms with van der Waals surface area (Å²) in [7, 11) is 1.70. The van der Waals surface area contributed by atoms with Crippen LogP contribution in [0.4, 0.5) is 0 Å². The van der Waals surface area contributed by atoms with Crippen LogP contribution in [0.1, 0.15) is 48.8 Å². The Balaban J connectivity index is 1.09.